The number of aromatic nitrogens is 2. The van der Waals surface area contributed by atoms with Crippen LogP contribution in [0.15, 0.2) is 18.2 Å². The Morgan fingerprint density at radius 1 is 1.32 bits per heavy atom. The first-order valence-electron chi connectivity index (χ1n) is 8.08. The number of amides is 2. The van der Waals surface area contributed by atoms with E-state index in [2.05, 4.69) is 34.0 Å². The van der Waals surface area contributed by atoms with Crippen LogP contribution < -0.4 is 10.6 Å². The number of carbonyl (C=O) groups excluding carboxylic acids is 1. The fourth-order valence-corrected chi connectivity index (χ4v) is 3.24. The van der Waals surface area contributed by atoms with Crippen LogP contribution >= 0.6 is 0 Å². The molecule has 1 aromatic carbocycles. The lowest BCUT2D eigenvalue weighted by Crippen LogP contribution is -2.36. The van der Waals surface area contributed by atoms with E-state index in [0.29, 0.717) is 12.0 Å². The smallest absolute Gasteiger partial charge is 0.319 e. The summed E-state index contributed by atoms with van der Waals surface area (Å²) < 4.78 is 2.11. The van der Waals surface area contributed by atoms with Crippen molar-refractivity contribution in [2.45, 2.75) is 51.5 Å². The van der Waals surface area contributed by atoms with E-state index < -0.39 is 0 Å². The number of rotatable bonds is 3. The Morgan fingerprint density at radius 2 is 2.05 bits per heavy atom. The lowest BCUT2D eigenvalue weighted by atomic mass is 10.2. The van der Waals surface area contributed by atoms with Gasteiger partial charge in [-0.25, -0.2) is 9.78 Å². The molecule has 5 heteroatoms. The molecule has 3 rings (SSSR count). The van der Waals surface area contributed by atoms with E-state index in [-0.39, 0.29) is 6.03 Å². The molecule has 0 bridgehead atoms. The second-order valence-corrected chi connectivity index (χ2v) is 6.47. The molecule has 0 radical (unpaired) electrons. The summed E-state index contributed by atoms with van der Waals surface area (Å²) in [4.78, 5) is 16.7. The molecule has 22 heavy (non-hydrogen) atoms. The molecule has 2 aromatic rings. The van der Waals surface area contributed by atoms with Crippen LogP contribution in [0, 0.1) is 0 Å². The van der Waals surface area contributed by atoms with Gasteiger partial charge < -0.3 is 15.2 Å². The number of nitrogens with one attached hydrogen (secondary N) is 2. The molecule has 0 spiro atoms. The number of imidazole rings is 1. The zero-order valence-corrected chi connectivity index (χ0v) is 13.5. The molecule has 1 aromatic heterocycles. The van der Waals surface area contributed by atoms with Gasteiger partial charge in [-0.3, -0.25) is 0 Å². The first-order valence-corrected chi connectivity index (χ1v) is 8.08. The van der Waals surface area contributed by atoms with E-state index in [1.165, 1.54) is 12.8 Å². The van der Waals surface area contributed by atoms with Gasteiger partial charge in [-0.1, -0.05) is 26.7 Å². The van der Waals surface area contributed by atoms with Crippen molar-refractivity contribution in [2.75, 3.05) is 5.32 Å². The van der Waals surface area contributed by atoms with Gasteiger partial charge in [-0.05, 0) is 31.0 Å². The summed E-state index contributed by atoms with van der Waals surface area (Å²) in [5.41, 5.74) is 2.80. The largest absolute Gasteiger partial charge is 0.335 e. The lowest BCUT2D eigenvalue weighted by molar-refractivity contribution is 0.248. The highest BCUT2D eigenvalue weighted by Gasteiger charge is 2.17. The van der Waals surface area contributed by atoms with Crippen molar-refractivity contribution in [3.63, 3.8) is 0 Å². The van der Waals surface area contributed by atoms with E-state index >= 15 is 0 Å². The number of hydrogen-bond acceptors (Lipinski definition) is 2. The highest BCUT2D eigenvalue weighted by Crippen LogP contribution is 2.23. The van der Waals surface area contributed by atoms with Crippen LogP contribution in [0.4, 0.5) is 10.5 Å². The number of fused-ring (bicyclic) bond motifs is 1. The number of anilines is 1. The standard InChI is InChI=1S/C17H24N4O/c1-11(2)16-20-14-10-13(8-9-15(14)21(16)3)19-17(22)18-12-6-4-5-7-12/h8-12H,4-7H2,1-3H3,(H2,18,19,22). The van der Waals surface area contributed by atoms with E-state index in [4.69, 9.17) is 0 Å². The summed E-state index contributed by atoms with van der Waals surface area (Å²) in [7, 11) is 2.03. The molecule has 1 aliphatic carbocycles. The van der Waals surface area contributed by atoms with Gasteiger partial charge in [0, 0.05) is 24.7 Å². The van der Waals surface area contributed by atoms with Gasteiger partial charge in [0.2, 0.25) is 0 Å². The minimum Gasteiger partial charge on any atom is -0.335 e. The van der Waals surface area contributed by atoms with Crippen LogP contribution in [0.25, 0.3) is 11.0 Å². The zero-order chi connectivity index (χ0) is 15.7. The number of urea groups is 1. The normalized spacial score (nSPS) is 15.6. The van der Waals surface area contributed by atoms with Gasteiger partial charge in [-0.2, -0.15) is 0 Å². The number of aryl methyl sites for hydroxylation is 1. The van der Waals surface area contributed by atoms with Crippen LogP contribution in [0.1, 0.15) is 51.3 Å². The summed E-state index contributed by atoms with van der Waals surface area (Å²) in [5, 5.41) is 5.95. The first kappa shape index (κ1) is 14.9. The summed E-state index contributed by atoms with van der Waals surface area (Å²) >= 11 is 0. The molecule has 1 saturated carbocycles. The van der Waals surface area contributed by atoms with Crippen molar-refractivity contribution in [1.82, 2.24) is 14.9 Å². The Kier molecular flexibility index (Phi) is 4.05. The molecule has 0 aliphatic heterocycles. The second-order valence-electron chi connectivity index (χ2n) is 6.47. The molecule has 2 amide bonds. The second kappa shape index (κ2) is 5.99. The maximum absolute atomic E-state index is 12.0. The van der Waals surface area contributed by atoms with E-state index in [1.54, 1.807) is 0 Å². The van der Waals surface area contributed by atoms with Crippen molar-refractivity contribution in [3.05, 3.63) is 24.0 Å². The summed E-state index contributed by atoms with van der Waals surface area (Å²) in [6.45, 7) is 4.27. The van der Waals surface area contributed by atoms with E-state index in [9.17, 15) is 4.79 Å². The third kappa shape index (κ3) is 2.93. The average Bonchev–Trinajstić information content (AvgIpc) is 3.07. The maximum Gasteiger partial charge on any atom is 0.319 e. The molecule has 0 atom stereocenters. The Balaban J connectivity index is 1.75. The van der Waals surface area contributed by atoms with E-state index in [0.717, 1.165) is 35.4 Å². The Bertz CT molecular complexity index is 683. The summed E-state index contributed by atoms with van der Waals surface area (Å²) in [6, 6.07) is 6.09. The molecule has 1 fully saturated rings. The number of benzene rings is 1. The molecule has 0 saturated heterocycles. The molecule has 2 N–H and O–H groups in total. The van der Waals surface area contributed by atoms with Gasteiger partial charge >= 0.3 is 6.03 Å². The number of hydrogen-bond donors (Lipinski definition) is 2. The fraction of sp³-hybridized carbons (Fsp3) is 0.529. The van der Waals surface area contributed by atoms with Gasteiger partial charge in [-0.15, -0.1) is 0 Å². The van der Waals surface area contributed by atoms with Crippen LogP contribution in [0.2, 0.25) is 0 Å². The van der Waals surface area contributed by atoms with Crippen molar-refractivity contribution in [2.24, 2.45) is 7.05 Å². The van der Waals surface area contributed by atoms with Crippen molar-refractivity contribution in [3.8, 4) is 0 Å². The van der Waals surface area contributed by atoms with Gasteiger partial charge in [0.25, 0.3) is 0 Å². The average molecular weight is 300 g/mol. The number of nitrogens with zero attached hydrogens (tertiary/aromatic N) is 2. The molecular weight excluding hydrogens is 276 g/mol. The molecule has 1 aliphatic rings. The molecule has 5 nitrogen and oxygen atoms in total. The van der Waals surface area contributed by atoms with E-state index in [1.807, 2.05) is 25.2 Å². The highest BCUT2D eigenvalue weighted by molar-refractivity contribution is 5.92. The van der Waals surface area contributed by atoms with Crippen molar-refractivity contribution >= 4 is 22.8 Å². The van der Waals surface area contributed by atoms with Crippen LogP contribution in [-0.4, -0.2) is 21.6 Å². The molecular formula is C17H24N4O. The molecule has 0 unspecified atom stereocenters. The summed E-state index contributed by atoms with van der Waals surface area (Å²) in [5.74, 6) is 1.43. The minimum atomic E-state index is -0.119. The van der Waals surface area contributed by atoms with Crippen molar-refractivity contribution in [1.29, 1.82) is 0 Å². The van der Waals surface area contributed by atoms with Gasteiger partial charge in [0.1, 0.15) is 5.82 Å². The van der Waals surface area contributed by atoms with Gasteiger partial charge in [0.05, 0.1) is 11.0 Å². The molecule has 118 valence electrons. The monoisotopic (exact) mass is 300 g/mol. The predicted octanol–water partition coefficient (Wildman–Crippen LogP) is 3.76. The van der Waals surface area contributed by atoms with Crippen LogP contribution in [-0.2, 0) is 7.05 Å². The zero-order valence-electron chi connectivity index (χ0n) is 13.5. The quantitative estimate of drug-likeness (QED) is 0.906. The van der Waals surface area contributed by atoms with Crippen LogP contribution in [0.3, 0.4) is 0 Å². The SMILES string of the molecule is CC(C)c1nc2cc(NC(=O)NC3CCCC3)ccc2n1C. The fourth-order valence-electron chi connectivity index (χ4n) is 3.24. The predicted molar refractivity (Wildman–Crippen MR) is 89.2 cm³/mol. The van der Waals surface area contributed by atoms with Crippen LogP contribution in [0.5, 0.6) is 0 Å². The third-order valence-corrected chi connectivity index (χ3v) is 4.38. The highest BCUT2D eigenvalue weighted by atomic mass is 16.2. The minimum absolute atomic E-state index is 0.119. The maximum atomic E-state index is 12.0. The first-order chi connectivity index (χ1) is 10.5. The Morgan fingerprint density at radius 3 is 2.73 bits per heavy atom. The Labute approximate surface area is 131 Å². The lowest BCUT2D eigenvalue weighted by Gasteiger charge is -2.12. The topological polar surface area (TPSA) is 59.0 Å². The van der Waals surface area contributed by atoms with Gasteiger partial charge in [0.15, 0.2) is 0 Å². The Hall–Kier alpha value is -2.04. The third-order valence-electron chi connectivity index (χ3n) is 4.38. The summed E-state index contributed by atoms with van der Waals surface area (Å²) in [6.07, 6.45) is 4.60. The molecule has 1 heterocycles. The van der Waals surface area contributed by atoms with Crippen molar-refractivity contribution < 1.29 is 4.79 Å². The number of carbonyl (C=O) groups is 1.